The second kappa shape index (κ2) is 8.18. The van der Waals surface area contributed by atoms with Gasteiger partial charge in [-0.1, -0.05) is 12.1 Å². The van der Waals surface area contributed by atoms with Crippen molar-refractivity contribution in [1.29, 1.82) is 0 Å². The van der Waals surface area contributed by atoms with Crippen LogP contribution in [0, 0.1) is 0 Å². The van der Waals surface area contributed by atoms with E-state index in [-0.39, 0.29) is 0 Å². The Morgan fingerprint density at radius 1 is 1.06 bits per heavy atom. The third-order valence-electron chi connectivity index (χ3n) is 6.24. The van der Waals surface area contributed by atoms with Crippen LogP contribution in [0.1, 0.15) is 5.56 Å². The topological polar surface area (TPSA) is 87.6 Å². The highest BCUT2D eigenvalue weighted by Crippen LogP contribution is 2.28. The van der Waals surface area contributed by atoms with Crippen LogP contribution in [0.5, 0.6) is 0 Å². The highest BCUT2D eigenvalue weighted by atomic mass is 16.3. The Balaban J connectivity index is 1.29. The van der Waals surface area contributed by atoms with Crippen molar-refractivity contribution in [2.24, 2.45) is 0 Å². The molecular weight excluding hydrogens is 416 g/mol. The Labute approximate surface area is 190 Å². The van der Waals surface area contributed by atoms with Gasteiger partial charge < -0.3 is 19.5 Å². The summed E-state index contributed by atoms with van der Waals surface area (Å²) in [4.78, 5) is 14.0. The maximum Gasteiger partial charge on any atom is 0.210 e. The average molecular weight is 441 g/mol. The Kier molecular flexibility index (Phi) is 4.88. The fourth-order valence-corrected chi connectivity index (χ4v) is 4.33. The summed E-state index contributed by atoms with van der Waals surface area (Å²) in [5.74, 6) is 1.67. The first-order valence-corrected chi connectivity index (χ1v) is 11.0. The molecule has 6 rings (SSSR count). The molecule has 1 aliphatic heterocycles. The predicted octanol–water partition coefficient (Wildman–Crippen LogP) is 3.30. The van der Waals surface area contributed by atoms with Crippen LogP contribution < -0.4 is 10.2 Å². The molecule has 9 nitrogen and oxygen atoms in total. The lowest BCUT2D eigenvalue weighted by atomic mass is 10.1. The number of anilines is 2. The third-order valence-corrected chi connectivity index (χ3v) is 6.24. The van der Waals surface area contributed by atoms with Crippen LogP contribution in [0.3, 0.4) is 0 Å². The van der Waals surface area contributed by atoms with Gasteiger partial charge in [0.2, 0.25) is 5.95 Å². The minimum atomic E-state index is 0.610. The maximum absolute atomic E-state index is 5.51. The van der Waals surface area contributed by atoms with E-state index in [4.69, 9.17) is 9.40 Å². The SMILES string of the molecule is CN1CCN(c2cc(-c3cnc(NCc4cccc5occc45)n4cnnc34)ccn2)CC1. The quantitative estimate of drug-likeness (QED) is 0.445. The fraction of sp³-hybridized carbons (Fsp3) is 0.250. The number of hydrogen-bond donors (Lipinski definition) is 1. The van der Waals surface area contributed by atoms with Gasteiger partial charge in [-0.05, 0) is 42.4 Å². The normalized spacial score (nSPS) is 14.9. The molecule has 1 fully saturated rings. The first-order chi connectivity index (χ1) is 16.3. The second-order valence-electron chi connectivity index (χ2n) is 8.32. The van der Waals surface area contributed by atoms with Crippen molar-refractivity contribution in [2.75, 3.05) is 43.4 Å². The van der Waals surface area contributed by atoms with Crippen molar-refractivity contribution in [3.8, 4) is 11.1 Å². The molecule has 0 radical (unpaired) electrons. The Bertz CT molecular complexity index is 1420. The van der Waals surface area contributed by atoms with E-state index >= 15 is 0 Å². The van der Waals surface area contributed by atoms with Gasteiger partial charge in [0, 0.05) is 56.1 Å². The molecule has 0 bridgehead atoms. The predicted molar refractivity (Wildman–Crippen MR) is 127 cm³/mol. The number of hydrogen-bond acceptors (Lipinski definition) is 8. The number of rotatable bonds is 5. The first-order valence-electron chi connectivity index (χ1n) is 11.0. The van der Waals surface area contributed by atoms with Gasteiger partial charge in [0.05, 0.1) is 6.26 Å². The van der Waals surface area contributed by atoms with Crippen LogP contribution in [-0.2, 0) is 6.54 Å². The van der Waals surface area contributed by atoms with E-state index in [1.165, 1.54) is 0 Å². The lowest BCUT2D eigenvalue weighted by Gasteiger charge is -2.33. The molecule has 1 saturated heterocycles. The molecule has 0 atom stereocenters. The molecule has 0 unspecified atom stereocenters. The molecule has 1 aromatic carbocycles. The molecule has 0 aliphatic carbocycles. The van der Waals surface area contributed by atoms with Gasteiger partial charge >= 0.3 is 0 Å². The number of furan rings is 1. The zero-order chi connectivity index (χ0) is 22.2. The Morgan fingerprint density at radius 2 is 1.97 bits per heavy atom. The van der Waals surface area contributed by atoms with Gasteiger partial charge in [-0.3, -0.25) is 4.40 Å². The lowest BCUT2D eigenvalue weighted by Crippen LogP contribution is -2.44. The second-order valence-corrected chi connectivity index (χ2v) is 8.32. The Morgan fingerprint density at radius 3 is 2.88 bits per heavy atom. The molecule has 5 heterocycles. The van der Waals surface area contributed by atoms with E-state index in [2.05, 4.69) is 49.5 Å². The summed E-state index contributed by atoms with van der Waals surface area (Å²) < 4.78 is 7.40. The van der Waals surface area contributed by atoms with E-state index < -0.39 is 0 Å². The minimum absolute atomic E-state index is 0.610. The summed E-state index contributed by atoms with van der Waals surface area (Å²) in [7, 11) is 2.15. The van der Waals surface area contributed by atoms with Crippen LogP contribution in [0.25, 0.3) is 27.7 Å². The van der Waals surface area contributed by atoms with E-state index in [9.17, 15) is 0 Å². The molecule has 0 spiro atoms. The monoisotopic (exact) mass is 440 g/mol. The van der Waals surface area contributed by atoms with Crippen LogP contribution in [-0.4, -0.2) is 62.7 Å². The molecule has 4 aromatic heterocycles. The molecule has 5 aromatic rings. The number of likely N-dealkylation sites (N-methyl/N-ethyl adjacent to an activating group) is 1. The first kappa shape index (κ1) is 19.7. The molecule has 0 amide bonds. The van der Waals surface area contributed by atoms with E-state index in [0.29, 0.717) is 12.5 Å². The summed E-state index contributed by atoms with van der Waals surface area (Å²) >= 11 is 0. The van der Waals surface area contributed by atoms with Crippen molar-refractivity contribution in [1.82, 2.24) is 29.5 Å². The van der Waals surface area contributed by atoms with Crippen molar-refractivity contribution in [3.05, 3.63) is 66.9 Å². The number of piperazine rings is 1. The van der Waals surface area contributed by atoms with Crippen LogP contribution in [0.4, 0.5) is 11.8 Å². The largest absolute Gasteiger partial charge is 0.464 e. The van der Waals surface area contributed by atoms with Gasteiger partial charge in [0.15, 0.2) is 5.65 Å². The third kappa shape index (κ3) is 3.66. The summed E-state index contributed by atoms with van der Waals surface area (Å²) in [6.07, 6.45) is 7.11. The number of nitrogens with zero attached hydrogens (tertiary/aromatic N) is 7. The molecule has 0 saturated carbocycles. The van der Waals surface area contributed by atoms with Gasteiger partial charge in [0.25, 0.3) is 0 Å². The number of fused-ring (bicyclic) bond motifs is 2. The van der Waals surface area contributed by atoms with Crippen LogP contribution in [0.15, 0.2) is 65.8 Å². The smallest absolute Gasteiger partial charge is 0.210 e. The van der Waals surface area contributed by atoms with Gasteiger partial charge in [0.1, 0.15) is 17.7 Å². The van der Waals surface area contributed by atoms with Crippen molar-refractivity contribution in [2.45, 2.75) is 6.54 Å². The van der Waals surface area contributed by atoms with Gasteiger partial charge in [-0.15, -0.1) is 10.2 Å². The summed E-state index contributed by atoms with van der Waals surface area (Å²) in [5, 5.41) is 13.0. The van der Waals surface area contributed by atoms with E-state index in [1.807, 2.05) is 41.1 Å². The maximum atomic E-state index is 5.51. The zero-order valence-electron chi connectivity index (χ0n) is 18.3. The molecule has 9 heteroatoms. The summed E-state index contributed by atoms with van der Waals surface area (Å²) in [6, 6.07) is 12.1. The standard InChI is InChI=1S/C24H24N8O/c1-30-8-10-31(11-9-30)22-13-17(5-7-25-22)20-15-27-24(32-16-28-29-23(20)32)26-14-18-3-2-4-21-19(18)6-12-33-21/h2-7,12-13,15-16H,8-11,14H2,1H3,(H,26,27). The number of pyridine rings is 1. The van der Waals surface area contributed by atoms with Crippen molar-refractivity contribution in [3.63, 3.8) is 0 Å². The number of benzene rings is 1. The van der Waals surface area contributed by atoms with Gasteiger partial charge in [-0.2, -0.15) is 0 Å². The Hall–Kier alpha value is -3.98. The molecule has 33 heavy (non-hydrogen) atoms. The van der Waals surface area contributed by atoms with E-state index in [0.717, 1.165) is 65.3 Å². The van der Waals surface area contributed by atoms with Crippen LogP contribution >= 0.6 is 0 Å². The number of nitrogens with one attached hydrogen (secondary N) is 1. The average Bonchev–Trinajstić information content (AvgIpc) is 3.53. The zero-order valence-corrected chi connectivity index (χ0v) is 18.3. The molecule has 166 valence electrons. The van der Waals surface area contributed by atoms with Crippen molar-refractivity contribution >= 4 is 28.4 Å². The number of aromatic nitrogens is 5. The van der Waals surface area contributed by atoms with Gasteiger partial charge in [-0.25, -0.2) is 9.97 Å². The fourth-order valence-electron chi connectivity index (χ4n) is 4.33. The van der Waals surface area contributed by atoms with Crippen molar-refractivity contribution < 1.29 is 4.42 Å². The lowest BCUT2D eigenvalue weighted by molar-refractivity contribution is 0.312. The van der Waals surface area contributed by atoms with Crippen LogP contribution in [0.2, 0.25) is 0 Å². The highest BCUT2D eigenvalue weighted by Gasteiger charge is 2.17. The summed E-state index contributed by atoms with van der Waals surface area (Å²) in [5.41, 5.74) is 4.72. The minimum Gasteiger partial charge on any atom is -0.464 e. The van der Waals surface area contributed by atoms with E-state index in [1.54, 1.807) is 12.6 Å². The molecular formula is C24H24N8O. The molecule has 1 N–H and O–H groups in total. The molecule has 1 aliphatic rings. The summed E-state index contributed by atoms with van der Waals surface area (Å²) in [6.45, 7) is 4.62. The highest BCUT2D eigenvalue weighted by molar-refractivity contribution is 5.81.